The molecule has 0 radical (unpaired) electrons. The minimum Gasteiger partial charge on any atom is -0.490 e. The van der Waals surface area contributed by atoms with Gasteiger partial charge in [0.2, 0.25) is 11.8 Å². The highest BCUT2D eigenvalue weighted by Gasteiger charge is 2.25. The molecule has 0 aliphatic heterocycles. The monoisotopic (exact) mass is 455 g/mol. The number of carbonyl (C=O) groups is 2. The van der Waals surface area contributed by atoms with Crippen molar-refractivity contribution < 1.29 is 28.8 Å². The van der Waals surface area contributed by atoms with Crippen molar-refractivity contribution in [1.29, 1.82) is 5.26 Å². The summed E-state index contributed by atoms with van der Waals surface area (Å²) in [6, 6.07) is 15.3. The van der Waals surface area contributed by atoms with Crippen LogP contribution in [0.4, 0.5) is 4.39 Å². The van der Waals surface area contributed by atoms with Gasteiger partial charge in [0.05, 0.1) is 25.0 Å². The highest BCUT2D eigenvalue weighted by atomic mass is 19.1. The molecule has 0 aliphatic carbocycles. The van der Waals surface area contributed by atoms with E-state index in [1.165, 1.54) is 19.2 Å². The first-order chi connectivity index (χ1) is 15.8. The Balaban J connectivity index is 1.87. The van der Waals surface area contributed by atoms with E-state index in [1.54, 1.807) is 6.07 Å². The van der Waals surface area contributed by atoms with Crippen molar-refractivity contribution in [1.82, 2.24) is 10.6 Å². The summed E-state index contributed by atoms with van der Waals surface area (Å²) in [6.45, 7) is -0.120. The minimum atomic E-state index is -1.74. The smallest absolute Gasteiger partial charge is 0.475 e. The number of hydrogen-bond donors (Lipinski definition) is 4. The van der Waals surface area contributed by atoms with E-state index in [9.17, 15) is 24.0 Å². The second-order valence-electron chi connectivity index (χ2n) is 7.48. The van der Waals surface area contributed by atoms with Crippen LogP contribution in [0.5, 0.6) is 5.75 Å². The Morgan fingerprint density at radius 3 is 2.55 bits per heavy atom. The molecular weight excluding hydrogens is 428 g/mol. The van der Waals surface area contributed by atoms with Gasteiger partial charge in [-0.05, 0) is 42.5 Å². The number of nitrogens with one attached hydrogen (secondary N) is 2. The van der Waals surface area contributed by atoms with Crippen LogP contribution in [0.2, 0.25) is 0 Å². The molecule has 0 saturated carbocycles. The van der Waals surface area contributed by atoms with E-state index in [0.29, 0.717) is 12.0 Å². The molecule has 1 unspecified atom stereocenters. The molecular formula is C23H27BFN3O5. The summed E-state index contributed by atoms with van der Waals surface area (Å²) >= 11 is 0. The third-order valence-corrected chi connectivity index (χ3v) is 5.03. The Labute approximate surface area is 192 Å². The van der Waals surface area contributed by atoms with Gasteiger partial charge in [0, 0.05) is 7.05 Å². The average molecular weight is 455 g/mol. The number of carbonyl (C=O) groups excluding carboxylic acids is 2. The Bertz CT molecular complexity index is 968. The Morgan fingerprint density at radius 1 is 1.18 bits per heavy atom. The van der Waals surface area contributed by atoms with Crippen LogP contribution in [0, 0.1) is 23.1 Å². The number of nitrogens with zero attached hydrogens (tertiary/aromatic N) is 1. The topological polar surface area (TPSA) is 132 Å². The van der Waals surface area contributed by atoms with Crippen LogP contribution in [0.15, 0.2) is 48.5 Å². The zero-order valence-electron chi connectivity index (χ0n) is 18.3. The number of benzene rings is 2. The fourth-order valence-electron chi connectivity index (χ4n) is 3.19. The lowest BCUT2D eigenvalue weighted by atomic mass is 9.76. The van der Waals surface area contributed by atoms with E-state index in [-0.39, 0.29) is 37.5 Å². The molecule has 2 amide bonds. The van der Waals surface area contributed by atoms with Crippen molar-refractivity contribution in [3.63, 3.8) is 0 Å². The molecule has 0 heterocycles. The summed E-state index contributed by atoms with van der Waals surface area (Å²) in [7, 11) is -0.283. The molecule has 0 bridgehead atoms. The number of nitriles is 1. The van der Waals surface area contributed by atoms with Gasteiger partial charge >= 0.3 is 7.12 Å². The molecule has 33 heavy (non-hydrogen) atoms. The fraction of sp³-hybridized carbons (Fsp3) is 0.348. The maximum absolute atomic E-state index is 14.1. The van der Waals surface area contributed by atoms with Gasteiger partial charge in [-0.3, -0.25) is 9.59 Å². The molecule has 0 fully saturated rings. The van der Waals surface area contributed by atoms with Gasteiger partial charge in [-0.2, -0.15) is 5.26 Å². The van der Waals surface area contributed by atoms with Crippen LogP contribution in [-0.4, -0.2) is 48.6 Å². The zero-order valence-corrected chi connectivity index (χ0v) is 18.3. The van der Waals surface area contributed by atoms with Crippen molar-refractivity contribution in [2.24, 2.45) is 5.92 Å². The summed E-state index contributed by atoms with van der Waals surface area (Å²) in [4.78, 5) is 23.8. The van der Waals surface area contributed by atoms with Crippen molar-refractivity contribution >= 4 is 18.9 Å². The van der Waals surface area contributed by atoms with Gasteiger partial charge in [0.15, 0.2) is 11.6 Å². The second kappa shape index (κ2) is 13.2. The Hall–Kier alpha value is -3.42. The highest BCUT2D eigenvalue weighted by Crippen LogP contribution is 2.21. The van der Waals surface area contributed by atoms with Gasteiger partial charge in [0.25, 0.3) is 0 Å². The molecule has 0 aliphatic rings. The number of hydrogen-bond acceptors (Lipinski definition) is 6. The standard InChI is InChI=1S/C23H27BFN3O5/c1-27-23(30)18(15-26)9-7-17-8-10-19(25)20(13-17)33-12-11-22(29)28-21(24(31)32)14-16-5-3-2-4-6-16/h2-6,8,10,13,18,21,31-32H,7,9,11-12,14H2,1H3,(H,27,30)(H,28,29)/t18?,21-/m0/s1. The predicted octanol–water partition coefficient (Wildman–Crippen LogP) is 1.15. The molecule has 2 atom stereocenters. The van der Waals surface area contributed by atoms with E-state index in [0.717, 1.165) is 5.56 Å². The average Bonchev–Trinajstić information content (AvgIpc) is 2.81. The third kappa shape index (κ3) is 8.56. The molecule has 0 aromatic heterocycles. The van der Waals surface area contributed by atoms with E-state index in [2.05, 4.69) is 10.6 Å². The summed E-state index contributed by atoms with van der Waals surface area (Å²) in [6.07, 6.45) is 0.768. The van der Waals surface area contributed by atoms with E-state index < -0.39 is 30.7 Å². The van der Waals surface area contributed by atoms with Crippen molar-refractivity contribution in [3.8, 4) is 11.8 Å². The van der Waals surface area contributed by atoms with E-state index >= 15 is 0 Å². The van der Waals surface area contributed by atoms with Gasteiger partial charge in [-0.15, -0.1) is 0 Å². The second-order valence-corrected chi connectivity index (χ2v) is 7.48. The quantitative estimate of drug-likeness (QED) is 0.355. The van der Waals surface area contributed by atoms with Crippen molar-refractivity contribution in [2.75, 3.05) is 13.7 Å². The molecule has 174 valence electrons. The third-order valence-electron chi connectivity index (χ3n) is 5.03. The van der Waals surface area contributed by atoms with Crippen LogP contribution in [0.3, 0.4) is 0 Å². The number of rotatable bonds is 12. The van der Waals surface area contributed by atoms with E-state index in [1.807, 2.05) is 36.4 Å². The predicted molar refractivity (Wildman–Crippen MR) is 120 cm³/mol. The summed E-state index contributed by atoms with van der Waals surface area (Å²) < 4.78 is 19.5. The zero-order chi connectivity index (χ0) is 24.2. The lowest BCUT2D eigenvalue weighted by molar-refractivity contribution is -0.123. The normalized spacial score (nSPS) is 12.2. The first-order valence-electron chi connectivity index (χ1n) is 10.6. The number of amides is 2. The maximum atomic E-state index is 14.1. The van der Waals surface area contributed by atoms with Crippen molar-refractivity contribution in [3.05, 3.63) is 65.5 Å². The van der Waals surface area contributed by atoms with Crippen LogP contribution in [0.1, 0.15) is 24.0 Å². The Morgan fingerprint density at radius 2 is 1.91 bits per heavy atom. The lowest BCUT2D eigenvalue weighted by Crippen LogP contribution is -2.48. The van der Waals surface area contributed by atoms with Crippen LogP contribution in [-0.2, 0) is 22.4 Å². The van der Waals surface area contributed by atoms with Gasteiger partial charge in [-0.25, -0.2) is 4.39 Å². The first kappa shape index (κ1) is 25.8. The molecule has 0 saturated heterocycles. The summed E-state index contributed by atoms with van der Waals surface area (Å²) in [5.41, 5.74) is 1.52. The van der Waals surface area contributed by atoms with Crippen LogP contribution in [0.25, 0.3) is 0 Å². The lowest BCUT2D eigenvalue weighted by Gasteiger charge is -2.18. The number of halogens is 1. The maximum Gasteiger partial charge on any atom is 0.475 e. The number of aryl methyl sites for hydroxylation is 1. The molecule has 2 rings (SSSR count). The molecule has 2 aromatic rings. The molecule has 2 aromatic carbocycles. The largest absolute Gasteiger partial charge is 0.490 e. The molecule has 4 N–H and O–H groups in total. The van der Waals surface area contributed by atoms with Gasteiger partial charge in [0.1, 0.15) is 5.92 Å². The minimum absolute atomic E-state index is 0.0446. The Kier molecular flexibility index (Phi) is 10.3. The fourth-order valence-corrected chi connectivity index (χ4v) is 3.19. The van der Waals surface area contributed by atoms with E-state index in [4.69, 9.17) is 10.00 Å². The highest BCUT2D eigenvalue weighted by molar-refractivity contribution is 6.43. The number of ether oxygens (including phenoxy) is 1. The molecule has 0 spiro atoms. The molecule has 8 nitrogen and oxygen atoms in total. The first-order valence-corrected chi connectivity index (χ1v) is 10.6. The van der Waals surface area contributed by atoms with Crippen LogP contribution < -0.4 is 15.4 Å². The SMILES string of the molecule is CNC(=O)C(C#N)CCc1ccc(F)c(OCCC(=O)N[C@@H](Cc2ccccc2)B(O)O)c1. The molecule has 10 heteroatoms. The van der Waals surface area contributed by atoms with Crippen molar-refractivity contribution in [2.45, 2.75) is 31.6 Å². The summed E-state index contributed by atoms with van der Waals surface area (Å²) in [5, 5.41) is 33.2. The van der Waals surface area contributed by atoms with Gasteiger partial charge in [-0.1, -0.05) is 36.4 Å². The summed E-state index contributed by atoms with van der Waals surface area (Å²) in [5.74, 6) is -3.19. The van der Waals surface area contributed by atoms with Gasteiger partial charge < -0.3 is 25.4 Å². The van der Waals surface area contributed by atoms with Crippen LogP contribution >= 0.6 is 0 Å².